The van der Waals surface area contributed by atoms with Crippen molar-refractivity contribution in [3.63, 3.8) is 0 Å². The van der Waals surface area contributed by atoms with Crippen LogP contribution in [0.5, 0.6) is 5.88 Å². The van der Waals surface area contributed by atoms with E-state index in [4.69, 9.17) is 4.74 Å². The number of hydrogen-bond donors (Lipinski definition) is 0. The second kappa shape index (κ2) is 7.52. The van der Waals surface area contributed by atoms with Crippen molar-refractivity contribution in [2.75, 3.05) is 13.2 Å². The summed E-state index contributed by atoms with van der Waals surface area (Å²) in [5.74, 6) is -0.452. The molecule has 0 amide bonds. The summed E-state index contributed by atoms with van der Waals surface area (Å²) in [4.78, 5) is 14.8. The summed E-state index contributed by atoms with van der Waals surface area (Å²) in [5, 5.41) is 0. The van der Waals surface area contributed by atoms with Crippen LogP contribution in [-0.2, 0) is 9.53 Å². The molecule has 0 spiro atoms. The molecular formula is C13H14F3NO3. The molecule has 1 aromatic rings. The molecule has 0 N–H and O–H groups in total. The number of alkyl halides is 3. The minimum atomic E-state index is -4.39. The minimum Gasteiger partial charge on any atom is -0.468 e. The number of aromatic nitrogens is 1. The fourth-order valence-corrected chi connectivity index (χ4v) is 1.24. The van der Waals surface area contributed by atoms with Crippen LogP contribution in [0.3, 0.4) is 0 Å². The van der Waals surface area contributed by atoms with Crippen LogP contribution >= 0.6 is 0 Å². The maximum atomic E-state index is 11.9. The molecule has 0 aliphatic rings. The van der Waals surface area contributed by atoms with E-state index in [0.29, 0.717) is 12.2 Å². The number of esters is 1. The highest BCUT2D eigenvalue weighted by molar-refractivity contribution is 5.72. The monoisotopic (exact) mass is 289 g/mol. The molecule has 0 fully saturated rings. The zero-order valence-electron chi connectivity index (χ0n) is 10.8. The molecule has 0 bridgehead atoms. The third-order valence-electron chi connectivity index (χ3n) is 2.04. The number of hydrogen-bond acceptors (Lipinski definition) is 4. The Labute approximate surface area is 114 Å². The SMILES string of the molecule is CCOC(=O)CC=Cc1ccc(OCC(F)(F)F)nc1. The van der Waals surface area contributed by atoms with Crippen molar-refractivity contribution in [1.82, 2.24) is 4.98 Å². The second-order valence-corrected chi connectivity index (χ2v) is 3.75. The summed E-state index contributed by atoms with van der Waals surface area (Å²) in [5.41, 5.74) is 0.647. The molecule has 0 aromatic carbocycles. The van der Waals surface area contributed by atoms with Crippen LogP contribution in [-0.4, -0.2) is 30.3 Å². The average molecular weight is 289 g/mol. The van der Waals surface area contributed by atoms with E-state index in [9.17, 15) is 18.0 Å². The molecule has 1 heterocycles. The molecule has 110 valence electrons. The standard InChI is InChI=1S/C13H14F3NO3/c1-2-19-12(18)5-3-4-10-6-7-11(17-8-10)20-9-13(14,15)16/h3-4,6-8H,2,5,9H2,1H3. The zero-order chi connectivity index (χ0) is 15.0. The molecule has 4 nitrogen and oxygen atoms in total. The van der Waals surface area contributed by atoms with Crippen LogP contribution in [0.1, 0.15) is 18.9 Å². The van der Waals surface area contributed by atoms with Crippen LogP contribution in [0, 0.1) is 0 Å². The smallest absolute Gasteiger partial charge is 0.422 e. The van der Waals surface area contributed by atoms with Crippen molar-refractivity contribution in [1.29, 1.82) is 0 Å². The van der Waals surface area contributed by atoms with Crippen molar-refractivity contribution in [3.05, 3.63) is 30.0 Å². The van der Waals surface area contributed by atoms with Crippen LogP contribution in [0.2, 0.25) is 0 Å². The Bertz CT molecular complexity index is 455. The summed E-state index contributed by atoms with van der Waals surface area (Å²) in [7, 11) is 0. The van der Waals surface area contributed by atoms with Gasteiger partial charge in [0.15, 0.2) is 6.61 Å². The normalized spacial score (nSPS) is 11.6. The summed E-state index contributed by atoms with van der Waals surface area (Å²) in [6, 6.07) is 2.87. The predicted octanol–water partition coefficient (Wildman–Crippen LogP) is 2.99. The van der Waals surface area contributed by atoms with E-state index in [1.165, 1.54) is 12.3 Å². The van der Waals surface area contributed by atoms with E-state index >= 15 is 0 Å². The Morgan fingerprint density at radius 1 is 1.40 bits per heavy atom. The third-order valence-corrected chi connectivity index (χ3v) is 2.04. The fraction of sp³-hybridized carbons (Fsp3) is 0.385. The number of ether oxygens (including phenoxy) is 2. The molecule has 1 aromatic heterocycles. The number of halogens is 3. The summed E-state index contributed by atoms with van der Waals surface area (Å²) < 4.78 is 44.9. The first-order chi connectivity index (χ1) is 9.40. The van der Waals surface area contributed by atoms with Gasteiger partial charge in [-0.3, -0.25) is 4.79 Å². The lowest BCUT2D eigenvalue weighted by Gasteiger charge is -2.07. The molecule has 20 heavy (non-hydrogen) atoms. The van der Waals surface area contributed by atoms with Crippen molar-refractivity contribution in [2.24, 2.45) is 0 Å². The molecule has 0 unspecified atom stereocenters. The lowest BCUT2D eigenvalue weighted by atomic mass is 10.2. The van der Waals surface area contributed by atoms with Gasteiger partial charge in [0.2, 0.25) is 5.88 Å². The van der Waals surface area contributed by atoms with Crippen LogP contribution in [0.4, 0.5) is 13.2 Å². The Morgan fingerprint density at radius 2 is 2.15 bits per heavy atom. The van der Waals surface area contributed by atoms with Gasteiger partial charge in [0.1, 0.15) is 0 Å². The predicted molar refractivity (Wildman–Crippen MR) is 66.1 cm³/mol. The van der Waals surface area contributed by atoms with Gasteiger partial charge in [-0.2, -0.15) is 13.2 Å². The number of nitrogens with zero attached hydrogens (tertiary/aromatic N) is 1. The van der Waals surface area contributed by atoms with Crippen molar-refractivity contribution >= 4 is 12.0 Å². The summed E-state index contributed by atoms with van der Waals surface area (Å²) in [6.07, 6.45) is 0.302. The molecule has 7 heteroatoms. The zero-order valence-corrected chi connectivity index (χ0v) is 10.8. The number of carbonyl (C=O) groups excluding carboxylic acids is 1. The lowest BCUT2D eigenvalue weighted by Crippen LogP contribution is -2.19. The van der Waals surface area contributed by atoms with Gasteiger partial charge in [0.25, 0.3) is 0 Å². The van der Waals surface area contributed by atoms with Crippen LogP contribution in [0.15, 0.2) is 24.4 Å². The van der Waals surface area contributed by atoms with E-state index in [0.717, 1.165) is 0 Å². The van der Waals surface area contributed by atoms with Crippen LogP contribution < -0.4 is 4.74 Å². The lowest BCUT2D eigenvalue weighted by molar-refractivity contribution is -0.154. The number of carbonyl (C=O) groups is 1. The van der Waals surface area contributed by atoms with Gasteiger partial charge in [-0.25, -0.2) is 4.98 Å². The molecule has 0 atom stereocenters. The van der Waals surface area contributed by atoms with E-state index in [1.54, 1.807) is 25.1 Å². The third kappa shape index (κ3) is 6.77. The Morgan fingerprint density at radius 3 is 2.70 bits per heavy atom. The Hall–Kier alpha value is -2.05. The van der Waals surface area contributed by atoms with Gasteiger partial charge in [-0.05, 0) is 18.6 Å². The Kier molecular flexibility index (Phi) is 6.02. The molecule has 0 aliphatic heterocycles. The molecule has 1 rings (SSSR count). The summed E-state index contributed by atoms with van der Waals surface area (Å²) in [6.45, 7) is 0.655. The minimum absolute atomic E-state index is 0.107. The van der Waals surface area contributed by atoms with Crippen molar-refractivity contribution in [2.45, 2.75) is 19.5 Å². The van der Waals surface area contributed by atoms with Crippen molar-refractivity contribution in [3.8, 4) is 5.88 Å². The maximum Gasteiger partial charge on any atom is 0.422 e. The van der Waals surface area contributed by atoms with Gasteiger partial charge in [0.05, 0.1) is 13.0 Å². The highest BCUT2D eigenvalue weighted by atomic mass is 19.4. The first kappa shape index (κ1) is 16.0. The highest BCUT2D eigenvalue weighted by Gasteiger charge is 2.28. The van der Waals surface area contributed by atoms with Crippen molar-refractivity contribution < 1.29 is 27.4 Å². The number of rotatable bonds is 6. The van der Waals surface area contributed by atoms with Gasteiger partial charge in [-0.1, -0.05) is 12.2 Å². The van der Waals surface area contributed by atoms with Crippen LogP contribution in [0.25, 0.3) is 6.08 Å². The van der Waals surface area contributed by atoms with Gasteiger partial charge in [0, 0.05) is 12.3 Å². The Balaban J connectivity index is 2.46. The number of pyridine rings is 1. The van der Waals surface area contributed by atoms with E-state index in [1.807, 2.05) is 0 Å². The average Bonchev–Trinajstić information content (AvgIpc) is 2.37. The van der Waals surface area contributed by atoms with Gasteiger partial charge in [-0.15, -0.1) is 0 Å². The topological polar surface area (TPSA) is 48.4 Å². The largest absolute Gasteiger partial charge is 0.468 e. The summed E-state index contributed by atoms with van der Waals surface area (Å²) >= 11 is 0. The molecule has 0 radical (unpaired) electrons. The molecule has 0 aliphatic carbocycles. The quantitative estimate of drug-likeness (QED) is 0.755. The van der Waals surface area contributed by atoms with E-state index < -0.39 is 12.8 Å². The van der Waals surface area contributed by atoms with Gasteiger partial charge >= 0.3 is 12.1 Å². The maximum absolute atomic E-state index is 11.9. The first-order valence-corrected chi connectivity index (χ1v) is 5.88. The van der Waals surface area contributed by atoms with E-state index in [2.05, 4.69) is 9.72 Å². The van der Waals surface area contributed by atoms with E-state index in [-0.39, 0.29) is 18.3 Å². The molecule has 0 saturated heterocycles. The molecule has 0 saturated carbocycles. The first-order valence-electron chi connectivity index (χ1n) is 5.88. The molecular weight excluding hydrogens is 275 g/mol. The van der Waals surface area contributed by atoms with Gasteiger partial charge < -0.3 is 9.47 Å². The highest BCUT2D eigenvalue weighted by Crippen LogP contribution is 2.17. The fourth-order valence-electron chi connectivity index (χ4n) is 1.24. The second-order valence-electron chi connectivity index (χ2n) is 3.75.